The summed E-state index contributed by atoms with van der Waals surface area (Å²) in [6.07, 6.45) is 2.42. The van der Waals surface area contributed by atoms with Crippen LogP contribution in [0.4, 0.5) is 0 Å². The average molecular weight is 552 g/mol. The van der Waals surface area contributed by atoms with Crippen molar-refractivity contribution >= 4 is 39.3 Å². The third-order valence-corrected chi connectivity index (χ3v) is 6.40. The molecule has 1 heterocycles. The van der Waals surface area contributed by atoms with Crippen LogP contribution in [0.3, 0.4) is 0 Å². The van der Waals surface area contributed by atoms with Crippen LogP contribution in [0, 0.1) is 0 Å². The van der Waals surface area contributed by atoms with Crippen LogP contribution >= 0.6 is 27.5 Å². The van der Waals surface area contributed by atoms with E-state index in [0.717, 1.165) is 17.3 Å². The predicted molar refractivity (Wildman–Crippen MR) is 127 cm³/mol. The number of carbonyl (C=O) groups excluding carboxylic acids is 2. The molecule has 0 spiro atoms. The zero-order valence-electron chi connectivity index (χ0n) is 18.7. The van der Waals surface area contributed by atoms with Crippen LogP contribution in [0.5, 0.6) is 17.2 Å². The first kappa shape index (κ1) is 26.8. The minimum atomic E-state index is -1.15. The fourth-order valence-electron chi connectivity index (χ4n) is 3.80. The molecule has 8 heteroatoms. The Morgan fingerprint density at radius 3 is 2.47 bits per heavy atom. The summed E-state index contributed by atoms with van der Waals surface area (Å²) in [6, 6.07) is 18.1. The van der Waals surface area contributed by atoms with Gasteiger partial charge >= 0.3 is 29.6 Å². The molecule has 1 atom stereocenters. The van der Waals surface area contributed by atoms with Gasteiger partial charge in [0, 0.05) is 40.0 Å². The maximum atomic E-state index is 12.5. The molecular formula is C26H21BrClNaO5. The summed E-state index contributed by atoms with van der Waals surface area (Å²) < 4.78 is 12.5. The Labute approximate surface area is 233 Å². The zero-order chi connectivity index (χ0) is 23.4. The van der Waals surface area contributed by atoms with Gasteiger partial charge in [0.1, 0.15) is 17.2 Å². The van der Waals surface area contributed by atoms with E-state index in [2.05, 4.69) is 28.1 Å². The fourth-order valence-corrected chi connectivity index (χ4v) is 4.27. The van der Waals surface area contributed by atoms with Crippen molar-refractivity contribution in [3.8, 4) is 17.2 Å². The number of halogens is 2. The van der Waals surface area contributed by atoms with Gasteiger partial charge in [-0.2, -0.15) is 0 Å². The molecule has 1 unspecified atom stereocenters. The van der Waals surface area contributed by atoms with Crippen LogP contribution in [0.1, 0.15) is 46.7 Å². The molecule has 1 aliphatic rings. The second-order valence-electron chi connectivity index (χ2n) is 7.86. The molecule has 3 aromatic rings. The molecule has 0 aliphatic carbocycles. The van der Waals surface area contributed by atoms with Crippen molar-refractivity contribution in [2.45, 2.75) is 31.6 Å². The van der Waals surface area contributed by atoms with E-state index in [9.17, 15) is 14.7 Å². The second-order valence-corrected chi connectivity index (χ2v) is 9.18. The number of rotatable bonds is 8. The van der Waals surface area contributed by atoms with Crippen molar-refractivity contribution in [1.29, 1.82) is 0 Å². The SMILES string of the molecule is O=C(CCCc1ccc(Br)cc1)c1ccc(Oc2cc3c(cc2Cl)C(C(=O)[O-])CCO3)cc1.[Na+]. The number of benzene rings is 3. The standard InChI is InChI=1S/C26H22BrClO5.Na/c27-18-8-4-16(5-9-18)2-1-3-23(29)17-6-10-19(11-7-17)33-25-15-24-21(14-22(25)28)20(26(30)31)12-13-32-24;/h4-11,14-15,20H,1-3,12-13H2,(H,30,31);/q;+1/p-1. The quantitative estimate of drug-likeness (QED) is 0.318. The molecular weight excluding hydrogens is 531 g/mol. The zero-order valence-corrected chi connectivity index (χ0v) is 23.0. The van der Waals surface area contributed by atoms with Crippen LogP contribution in [0.25, 0.3) is 0 Å². The van der Waals surface area contributed by atoms with Gasteiger partial charge in [0.05, 0.1) is 11.6 Å². The maximum Gasteiger partial charge on any atom is 1.00 e. The maximum absolute atomic E-state index is 12.5. The summed E-state index contributed by atoms with van der Waals surface area (Å²) in [7, 11) is 0. The Kier molecular flexibility index (Phi) is 9.63. The molecule has 0 fully saturated rings. The van der Waals surface area contributed by atoms with Gasteiger partial charge < -0.3 is 19.4 Å². The summed E-state index contributed by atoms with van der Waals surface area (Å²) >= 11 is 9.75. The molecule has 5 nitrogen and oxygen atoms in total. The smallest absolute Gasteiger partial charge is 0.549 e. The molecule has 0 saturated heterocycles. The van der Waals surface area contributed by atoms with E-state index >= 15 is 0 Å². The van der Waals surface area contributed by atoms with Gasteiger partial charge in [0.25, 0.3) is 0 Å². The first-order valence-corrected chi connectivity index (χ1v) is 11.8. The molecule has 1 aliphatic heterocycles. The van der Waals surface area contributed by atoms with Crippen LogP contribution in [0.2, 0.25) is 5.02 Å². The molecule has 170 valence electrons. The number of carboxylic acid groups (broad SMARTS) is 1. The fraction of sp³-hybridized carbons (Fsp3) is 0.231. The van der Waals surface area contributed by atoms with Gasteiger partial charge in [0.2, 0.25) is 0 Å². The van der Waals surface area contributed by atoms with Gasteiger partial charge in [-0.05, 0) is 67.3 Å². The van der Waals surface area contributed by atoms with Crippen molar-refractivity contribution in [3.63, 3.8) is 0 Å². The Morgan fingerprint density at radius 2 is 1.79 bits per heavy atom. The molecule has 0 saturated carbocycles. The third-order valence-electron chi connectivity index (χ3n) is 5.57. The van der Waals surface area contributed by atoms with Crippen LogP contribution in [-0.4, -0.2) is 18.4 Å². The van der Waals surface area contributed by atoms with Crippen LogP contribution in [-0.2, 0) is 11.2 Å². The molecule has 0 radical (unpaired) electrons. The number of Topliss-reactive ketones (excluding diaryl/α,β-unsaturated/α-hetero) is 1. The van der Waals surface area contributed by atoms with Gasteiger partial charge in [-0.1, -0.05) is 39.7 Å². The average Bonchev–Trinajstić information content (AvgIpc) is 2.81. The predicted octanol–water partition coefficient (Wildman–Crippen LogP) is 2.72. The minimum absolute atomic E-state index is 0. The summed E-state index contributed by atoms with van der Waals surface area (Å²) in [5, 5.41) is 11.6. The van der Waals surface area contributed by atoms with E-state index in [1.54, 1.807) is 36.4 Å². The summed E-state index contributed by atoms with van der Waals surface area (Å²) in [5.41, 5.74) is 2.31. The number of ether oxygens (including phenoxy) is 2. The molecule has 4 rings (SSSR count). The van der Waals surface area contributed by atoms with Crippen LogP contribution < -0.4 is 44.1 Å². The Bertz CT molecular complexity index is 1170. The van der Waals surface area contributed by atoms with Crippen LogP contribution in [0.15, 0.2) is 65.1 Å². The summed E-state index contributed by atoms with van der Waals surface area (Å²) in [5.74, 6) is -0.547. The van der Waals surface area contributed by atoms with Gasteiger partial charge in [0.15, 0.2) is 5.78 Å². The molecule has 0 N–H and O–H groups in total. The molecule has 0 amide bonds. The largest absolute Gasteiger partial charge is 1.00 e. The number of hydrogen-bond acceptors (Lipinski definition) is 5. The first-order valence-electron chi connectivity index (χ1n) is 10.6. The molecule has 3 aromatic carbocycles. The second kappa shape index (κ2) is 12.2. The van der Waals surface area contributed by atoms with E-state index < -0.39 is 11.9 Å². The number of aliphatic carboxylic acids is 1. The summed E-state index contributed by atoms with van der Waals surface area (Å²) in [4.78, 5) is 23.9. The van der Waals surface area contributed by atoms with Crippen molar-refractivity contribution in [1.82, 2.24) is 0 Å². The number of hydrogen-bond donors (Lipinski definition) is 0. The number of carbonyl (C=O) groups is 2. The Morgan fingerprint density at radius 1 is 1.09 bits per heavy atom. The summed E-state index contributed by atoms with van der Waals surface area (Å²) in [6.45, 7) is 0.283. The first-order chi connectivity index (χ1) is 15.9. The molecule has 0 aromatic heterocycles. The van der Waals surface area contributed by atoms with Crippen molar-refractivity contribution in [3.05, 3.63) is 86.8 Å². The van der Waals surface area contributed by atoms with Crippen molar-refractivity contribution in [2.75, 3.05) is 6.61 Å². The Hall–Kier alpha value is -1.83. The number of aryl methyl sites for hydroxylation is 1. The molecule has 0 bridgehead atoms. The van der Waals surface area contributed by atoms with Gasteiger partial charge in [-0.3, -0.25) is 4.79 Å². The van der Waals surface area contributed by atoms with E-state index in [1.807, 2.05) is 12.1 Å². The van der Waals surface area contributed by atoms with Crippen molar-refractivity contribution < 1.29 is 53.7 Å². The topological polar surface area (TPSA) is 75.7 Å². The van der Waals surface area contributed by atoms with E-state index in [0.29, 0.717) is 41.2 Å². The Balaban J connectivity index is 0.00000324. The minimum Gasteiger partial charge on any atom is -0.549 e. The normalized spacial score (nSPS) is 14.4. The van der Waals surface area contributed by atoms with E-state index in [1.165, 1.54) is 5.56 Å². The van der Waals surface area contributed by atoms with Gasteiger partial charge in [-0.15, -0.1) is 0 Å². The number of fused-ring (bicyclic) bond motifs is 1. The van der Waals surface area contributed by atoms with Gasteiger partial charge in [-0.25, -0.2) is 0 Å². The number of ketones is 1. The van der Waals surface area contributed by atoms with Crippen molar-refractivity contribution in [2.24, 2.45) is 0 Å². The molecule has 34 heavy (non-hydrogen) atoms. The number of carboxylic acids is 1. The van der Waals surface area contributed by atoms with E-state index in [4.69, 9.17) is 21.1 Å². The van der Waals surface area contributed by atoms with E-state index in [-0.39, 0.29) is 47.0 Å². The monoisotopic (exact) mass is 550 g/mol. The third kappa shape index (κ3) is 6.64.